The molecular weight excluding hydrogens is 324 g/mol. The van der Waals surface area contributed by atoms with E-state index in [1.54, 1.807) is 36.1 Å². The minimum atomic E-state index is -1.03. The number of hydrogen-bond acceptors (Lipinski definition) is 4. The predicted molar refractivity (Wildman–Crippen MR) is 93.7 cm³/mol. The lowest BCUT2D eigenvalue weighted by molar-refractivity contribution is -0.139. The van der Waals surface area contributed by atoms with Crippen molar-refractivity contribution in [1.29, 1.82) is 0 Å². The van der Waals surface area contributed by atoms with Gasteiger partial charge in [-0.05, 0) is 45.0 Å². The largest absolute Gasteiger partial charge is 0.481 e. The molecule has 25 heavy (non-hydrogen) atoms. The van der Waals surface area contributed by atoms with Gasteiger partial charge in [-0.3, -0.25) is 14.4 Å². The first-order chi connectivity index (χ1) is 11.8. The Kier molecular flexibility index (Phi) is 7.57. The molecule has 0 aromatic heterocycles. The van der Waals surface area contributed by atoms with Crippen LogP contribution >= 0.6 is 0 Å². The third kappa shape index (κ3) is 5.86. The third-order valence-corrected chi connectivity index (χ3v) is 3.86. The van der Waals surface area contributed by atoms with E-state index < -0.39 is 17.4 Å². The number of amides is 2. The Bertz CT molecular complexity index is 610. The molecule has 0 radical (unpaired) electrons. The molecule has 1 aromatic carbocycles. The van der Waals surface area contributed by atoms with Gasteiger partial charge >= 0.3 is 5.97 Å². The second kappa shape index (κ2) is 9.17. The fraction of sp³-hybridized carbons (Fsp3) is 0.500. The Balaban J connectivity index is 2.89. The maximum Gasteiger partial charge on any atom is 0.305 e. The first kappa shape index (κ1) is 20.6. The van der Waals surface area contributed by atoms with E-state index in [1.807, 2.05) is 13.8 Å². The Morgan fingerprint density at radius 1 is 1.12 bits per heavy atom. The summed E-state index contributed by atoms with van der Waals surface area (Å²) < 4.78 is 5.02. The fourth-order valence-corrected chi connectivity index (χ4v) is 2.59. The molecule has 2 amide bonds. The van der Waals surface area contributed by atoms with Crippen LogP contribution in [-0.4, -0.2) is 60.1 Å². The molecule has 1 unspecified atom stereocenters. The fourth-order valence-electron chi connectivity index (χ4n) is 2.59. The summed E-state index contributed by atoms with van der Waals surface area (Å²) >= 11 is 0. The van der Waals surface area contributed by atoms with E-state index in [2.05, 4.69) is 5.32 Å². The van der Waals surface area contributed by atoms with Gasteiger partial charge in [0.15, 0.2) is 0 Å². The summed E-state index contributed by atoms with van der Waals surface area (Å²) in [4.78, 5) is 37.3. The number of carboxylic acids is 1. The molecule has 138 valence electrons. The van der Waals surface area contributed by atoms with Gasteiger partial charge in [0.2, 0.25) is 0 Å². The Labute approximate surface area is 148 Å². The van der Waals surface area contributed by atoms with Crippen LogP contribution in [0, 0.1) is 0 Å². The minimum absolute atomic E-state index is 0.0730. The molecule has 0 spiro atoms. The summed E-state index contributed by atoms with van der Waals surface area (Å²) in [6.45, 7) is 6.72. The summed E-state index contributed by atoms with van der Waals surface area (Å²) in [5, 5.41) is 11.7. The zero-order valence-corrected chi connectivity index (χ0v) is 15.2. The van der Waals surface area contributed by atoms with Crippen molar-refractivity contribution in [2.45, 2.75) is 32.7 Å². The zero-order valence-electron chi connectivity index (χ0n) is 15.2. The molecule has 0 saturated carbocycles. The van der Waals surface area contributed by atoms with E-state index in [1.165, 1.54) is 7.11 Å². The number of hydrogen-bond donors (Lipinski definition) is 2. The van der Waals surface area contributed by atoms with Crippen molar-refractivity contribution in [3.63, 3.8) is 0 Å². The van der Waals surface area contributed by atoms with Crippen LogP contribution in [0.25, 0.3) is 0 Å². The summed E-state index contributed by atoms with van der Waals surface area (Å²) in [6, 6.07) is 6.31. The monoisotopic (exact) mass is 350 g/mol. The minimum Gasteiger partial charge on any atom is -0.481 e. The maximum atomic E-state index is 12.4. The van der Waals surface area contributed by atoms with Gasteiger partial charge in [-0.2, -0.15) is 0 Å². The third-order valence-electron chi connectivity index (χ3n) is 3.86. The number of aliphatic carboxylic acids is 1. The lowest BCUT2D eigenvalue weighted by atomic mass is 9.98. The predicted octanol–water partition coefficient (Wildman–Crippen LogP) is 1.78. The van der Waals surface area contributed by atoms with Gasteiger partial charge in [0.1, 0.15) is 0 Å². The van der Waals surface area contributed by atoms with E-state index in [0.717, 1.165) is 0 Å². The maximum absolute atomic E-state index is 12.4. The number of nitrogens with one attached hydrogen (secondary N) is 1. The molecule has 1 rings (SSSR count). The van der Waals surface area contributed by atoms with Crippen LogP contribution in [0.5, 0.6) is 0 Å². The van der Waals surface area contributed by atoms with Crippen molar-refractivity contribution >= 4 is 17.8 Å². The lowest BCUT2D eigenvalue weighted by Crippen LogP contribution is -2.50. The summed E-state index contributed by atoms with van der Waals surface area (Å²) in [6.07, 6.45) is -0.259. The van der Waals surface area contributed by atoms with Gasteiger partial charge in [-0.15, -0.1) is 0 Å². The number of carboxylic acid groups (broad SMARTS) is 1. The van der Waals surface area contributed by atoms with E-state index in [4.69, 9.17) is 9.84 Å². The van der Waals surface area contributed by atoms with E-state index in [0.29, 0.717) is 24.2 Å². The van der Waals surface area contributed by atoms with Gasteiger partial charge in [-0.1, -0.05) is 0 Å². The Hall–Kier alpha value is -2.41. The first-order valence-corrected chi connectivity index (χ1v) is 8.19. The van der Waals surface area contributed by atoms with Crippen molar-refractivity contribution in [1.82, 2.24) is 10.2 Å². The summed E-state index contributed by atoms with van der Waals surface area (Å²) in [7, 11) is 1.44. The number of nitrogens with zero attached hydrogens (tertiary/aromatic N) is 1. The number of carbonyl (C=O) groups excluding carboxylic acids is 2. The molecule has 0 bridgehead atoms. The highest BCUT2D eigenvalue weighted by Crippen LogP contribution is 2.13. The van der Waals surface area contributed by atoms with Gasteiger partial charge in [0, 0.05) is 31.3 Å². The molecule has 1 aromatic rings. The zero-order chi connectivity index (χ0) is 19.0. The molecule has 2 N–H and O–H groups in total. The quantitative estimate of drug-likeness (QED) is 0.708. The lowest BCUT2D eigenvalue weighted by Gasteiger charge is -2.28. The summed E-state index contributed by atoms with van der Waals surface area (Å²) in [5.41, 5.74) is -0.165. The van der Waals surface area contributed by atoms with Crippen LogP contribution in [0.4, 0.5) is 0 Å². The highest BCUT2D eigenvalue weighted by Gasteiger charge is 2.30. The molecular formula is C18H26N2O5. The van der Waals surface area contributed by atoms with E-state index >= 15 is 0 Å². The number of methoxy groups -OCH3 is 1. The van der Waals surface area contributed by atoms with Crippen LogP contribution < -0.4 is 5.32 Å². The van der Waals surface area contributed by atoms with Crippen molar-refractivity contribution in [2.24, 2.45) is 0 Å². The van der Waals surface area contributed by atoms with Crippen LogP contribution in [0.2, 0.25) is 0 Å². The number of ether oxygens (including phenoxy) is 1. The molecule has 0 heterocycles. The Morgan fingerprint density at radius 3 is 2.08 bits per heavy atom. The SMILES string of the molecule is CCN(CC)C(=O)c1ccc(C(=O)NC(C)(COC)CC(=O)O)cc1. The number of rotatable bonds is 9. The molecule has 7 heteroatoms. The summed E-state index contributed by atoms with van der Waals surface area (Å²) in [5.74, 6) is -1.53. The number of benzene rings is 1. The van der Waals surface area contributed by atoms with Gasteiger partial charge in [-0.25, -0.2) is 0 Å². The molecule has 0 aliphatic rings. The molecule has 0 fully saturated rings. The van der Waals surface area contributed by atoms with Crippen molar-refractivity contribution in [3.8, 4) is 0 Å². The van der Waals surface area contributed by atoms with Crippen LogP contribution in [0.15, 0.2) is 24.3 Å². The molecule has 7 nitrogen and oxygen atoms in total. The molecule has 0 saturated heterocycles. The van der Waals surface area contributed by atoms with Crippen molar-refractivity contribution in [2.75, 3.05) is 26.8 Å². The van der Waals surface area contributed by atoms with Crippen LogP contribution in [0.3, 0.4) is 0 Å². The smallest absolute Gasteiger partial charge is 0.305 e. The second-order valence-corrected chi connectivity index (χ2v) is 6.07. The highest BCUT2D eigenvalue weighted by molar-refractivity contribution is 5.98. The van der Waals surface area contributed by atoms with Gasteiger partial charge in [0.05, 0.1) is 18.6 Å². The van der Waals surface area contributed by atoms with Crippen LogP contribution in [-0.2, 0) is 9.53 Å². The normalized spacial score (nSPS) is 13.0. The average Bonchev–Trinajstić information content (AvgIpc) is 2.55. The molecule has 1 atom stereocenters. The van der Waals surface area contributed by atoms with Crippen LogP contribution in [0.1, 0.15) is 47.9 Å². The Morgan fingerprint density at radius 2 is 1.64 bits per heavy atom. The topological polar surface area (TPSA) is 95.9 Å². The molecule has 0 aliphatic heterocycles. The number of carbonyl (C=O) groups is 3. The van der Waals surface area contributed by atoms with Crippen molar-refractivity contribution in [3.05, 3.63) is 35.4 Å². The van der Waals surface area contributed by atoms with Gasteiger partial charge < -0.3 is 20.1 Å². The first-order valence-electron chi connectivity index (χ1n) is 8.19. The van der Waals surface area contributed by atoms with Crippen molar-refractivity contribution < 1.29 is 24.2 Å². The standard InChI is InChI=1S/C18H26N2O5/c1-5-20(6-2)17(24)14-9-7-13(8-10-14)16(23)19-18(3,12-25-4)11-15(21)22/h7-10H,5-6,11-12H2,1-4H3,(H,19,23)(H,21,22). The second-order valence-electron chi connectivity index (χ2n) is 6.07. The molecule has 0 aliphatic carbocycles. The van der Waals surface area contributed by atoms with Gasteiger partial charge in [0.25, 0.3) is 11.8 Å². The highest BCUT2D eigenvalue weighted by atomic mass is 16.5. The van der Waals surface area contributed by atoms with E-state index in [9.17, 15) is 14.4 Å². The van der Waals surface area contributed by atoms with E-state index in [-0.39, 0.29) is 18.9 Å². The average molecular weight is 350 g/mol.